The van der Waals surface area contributed by atoms with Crippen molar-refractivity contribution >= 4 is 31.7 Å². The number of alkyl halides is 1. The quantitative estimate of drug-likeness (QED) is 0.805. The molecule has 0 N–H and O–H groups in total. The van der Waals surface area contributed by atoms with Crippen LogP contribution in [-0.2, 0) is 10.0 Å². The highest BCUT2D eigenvalue weighted by molar-refractivity contribution is 9.09. The number of fused-ring (bicyclic) bond motifs is 1. The van der Waals surface area contributed by atoms with Crippen LogP contribution in [0.1, 0.15) is 25.8 Å². The molecule has 1 aliphatic heterocycles. The molecule has 0 aromatic heterocycles. The third-order valence-electron chi connectivity index (χ3n) is 3.00. The minimum absolute atomic E-state index is 0.119. The lowest BCUT2D eigenvalue weighted by Crippen LogP contribution is -2.21. The van der Waals surface area contributed by atoms with Gasteiger partial charge in [-0.1, -0.05) is 48.0 Å². The van der Waals surface area contributed by atoms with E-state index >= 15 is 0 Å². The molecule has 2 unspecified atom stereocenters. The molecule has 0 spiro atoms. The lowest BCUT2D eigenvalue weighted by atomic mass is 9.92. The van der Waals surface area contributed by atoms with Crippen molar-refractivity contribution in [1.82, 2.24) is 0 Å². The summed E-state index contributed by atoms with van der Waals surface area (Å²) >= 11 is 3.52. The maximum absolute atomic E-state index is 11.9. The molecule has 3 nitrogen and oxygen atoms in total. The van der Waals surface area contributed by atoms with E-state index in [1.165, 1.54) is 0 Å². The molecule has 0 aliphatic carbocycles. The molecule has 2 atom stereocenters. The van der Waals surface area contributed by atoms with Crippen LogP contribution in [0.25, 0.3) is 0 Å². The third-order valence-corrected chi connectivity index (χ3v) is 4.99. The molecule has 1 aliphatic rings. The molecule has 0 bridgehead atoms. The van der Waals surface area contributed by atoms with E-state index in [4.69, 9.17) is 0 Å². The predicted molar refractivity (Wildman–Crippen MR) is 72.3 cm³/mol. The van der Waals surface area contributed by atoms with Gasteiger partial charge in [0.2, 0.25) is 0 Å². The summed E-state index contributed by atoms with van der Waals surface area (Å²) in [5, 5.41) is 0. The Balaban J connectivity index is 2.59. The Morgan fingerprint density at radius 1 is 1.35 bits per heavy atom. The maximum atomic E-state index is 11.9. The van der Waals surface area contributed by atoms with Crippen LogP contribution in [0.5, 0.6) is 0 Å². The number of hydrogen-bond donors (Lipinski definition) is 0. The van der Waals surface area contributed by atoms with Crippen molar-refractivity contribution in [1.29, 1.82) is 0 Å². The van der Waals surface area contributed by atoms with Crippen LogP contribution < -0.4 is 0 Å². The van der Waals surface area contributed by atoms with Gasteiger partial charge >= 0.3 is 0 Å². The fourth-order valence-electron chi connectivity index (χ4n) is 2.13. The zero-order chi connectivity index (χ0) is 12.6. The van der Waals surface area contributed by atoms with E-state index in [0.29, 0.717) is 10.6 Å². The highest BCUT2D eigenvalue weighted by Gasteiger charge is 2.33. The van der Waals surface area contributed by atoms with Gasteiger partial charge in [-0.3, -0.25) is 0 Å². The molecule has 0 radical (unpaired) electrons. The molecular formula is C12H14BrNO2S. The average Bonchev–Trinajstić information content (AvgIpc) is 2.53. The zero-order valence-corrected chi connectivity index (χ0v) is 12.1. The number of hydrogen-bond acceptors (Lipinski definition) is 2. The van der Waals surface area contributed by atoms with E-state index in [1.54, 1.807) is 12.1 Å². The van der Waals surface area contributed by atoms with Gasteiger partial charge in [-0.25, -0.2) is 0 Å². The minimum atomic E-state index is -3.48. The number of benzene rings is 1. The Kier molecular flexibility index (Phi) is 3.41. The van der Waals surface area contributed by atoms with Gasteiger partial charge < -0.3 is 0 Å². The molecular weight excluding hydrogens is 302 g/mol. The largest absolute Gasteiger partial charge is 0.283 e. The molecule has 1 aromatic carbocycles. The van der Waals surface area contributed by atoms with Crippen LogP contribution >= 0.6 is 15.9 Å². The number of sulfonamides is 1. The molecule has 1 aromatic rings. The Labute approximate surface area is 110 Å². The molecule has 17 heavy (non-hydrogen) atoms. The van der Waals surface area contributed by atoms with Gasteiger partial charge in [0.15, 0.2) is 0 Å². The molecule has 0 saturated carbocycles. The van der Waals surface area contributed by atoms with Crippen LogP contribution in [0.2, 0.25) is 0 Å². The van der Waals surface area contributed by atoms with Gasteiger partial charge in [0.1, 0.15) is 0 Å². The van der Waals surface area contributed by atoms with Crippen molar-refractivity contribution in [3.63, 3.8) is 0 Å². The van der Waals surface area contributed by atoms with Crippen molar-refractivity contribution in [2.45, 2.75) is 30.0 Å². The van der Waals surface area contributed by atoms with E-state index in [1.807, 2.05) is 26.0 Å². The summed E-state index contributed by atoms with van der Waals surface area (Å²) in [7, 11) is -3.48. The standard InChI is InChI=1S/C12H14BrNO2S/c1-3-9(8(2)13)12-10-6-4-5-7-11(10)17(15,16)14-12/h4-9H,3H2,1-2H3. The van der Waals surface area contributed by atoms with Gasteiger partial charge in [-0.05, 0) is 12.5 Å². The van der Waals surface area contributed by atoms with Crippen molar-refractivity contribution in [3.05, 3.63) is 29.8 Å². The molecule has 0 saturated heterocycles. The number of rotatable bonds is 3. The predicted octanol–water partition coefficient (Wildman–Crippen LogP) is 2.99. The Bertz CT molecular complexity index is 564. The Hall–Kier alpha value is -0.680. The van der Waals surface area contributed by atoms with E-state index < -0.39 is 10.0 Å². The summed E-state index contributed by atoms with van der Waals surface area (Å²) in [6, 6.07) is 7.03. The fourth-order valence-corrected chi connectivity index (χ4v) is 4.05. The first-order valence-corrected chi connectivity index (χ1v) is 7.91. The van der Waals surface area contributed by atoms with E-state index in [0.717, 1.165) is 12.0 Å². The van der Waals surface area contributed by atoms with Crippen LogP contribution in [0, 0.1) is 5.92 Å². The third kappa shape index (κ3) is 2.18. The van der Waals surface area contributed by atoms with E-state index in [-0.39, 0.29) is 10.7 Å². The molecule has 92 valence electrons. The van der Waals surface area contributed by atoms with E-state index in [2.05, 4.69) is 20.3 Å². The first kappa shape index (κ1) is 12.8. The van der Waals surface area contributed by atoms with Gasteiger partial charge in [-0.2, -0.15) is 12.8 Å². The smallest absolute Gasteiger partial charge is 0.199 e. The summed E-state index contributed by atoms with van der Waals surface area (Å²) in [6.07, 6.45) is 0.856. The minimum Gasteiger partial charge on any atom is -0.199 e. The maximum Gasteiger partial charge on any atom is 0.283 e. The first-order valence-electron chi connectivity index (χ1n) is 5.55. The Morgan fingerprint density at radius 3 is 2.59 bits per heavy atom. The van der Waals surface area contributed by atoms with Crippen LogP contribution in [-0.4, -0.2) is 19.0 Å². The van der Waals surface area contributed by atoms with E-state index in [9.17, 15) is 8.42 Å². The van der Waals surface area contributed by atoms with Gasteiger partial charge in [-0.15, -0.1) is 0 Å². The second-order valence-corrected chi connectivity index (χ2v) is 7.16. The van der Waals surface area contributed by atoms with Gasteiger partial charge in [0.25, 0.3) is 10.0 Å². The van der Waals surface area contributed by atoms with Crippen LogP contribution in [0.15, 0.2) is 33.6 Å². The van der Waals surface area contributed by atoms with Crippen molar-refractivity contribution in [3.8, 4) is 0 Å². The zero-order valence-electron chi connectivity index (χ0n) is 9.72. The summed E-state index contributed by atoms with van der Waals surface area (Å²) in [5.41, 5.74) is 1.44. The average molecular weight is 316 g/mol. The second-order valence-electron chi connectivity index (χ2n) is 4.14. The van der Waals surface area contributed by atoms with Gasteiger partial charge in [0.05, 0.1) is 10.6 Å². The second kappa shape index (κ2) is 4.53. The lowest BCUT2D eigenvalue weighted by molar-refractivity contribution is 0.599. The first-order chi connectivity index (χ1) is 7.97. The number of nitrogens with zero attached hydrogens (tertiary/aromatic N) is 1. The van der Waals surface area contributed by atoms with Crippen molar-refractivity contribution < 1.29 is 8.42 Å². The highest BCUT2D eigenvalue weighted by Crippen LogP contribution is 2.32. The summed E-state index contributed by atoms with van der Waals surface area (Å²) in [4.78, 5) is 0.536. The van der Waals surface area contributed by atoms with Gasteiger partial charge in [0, 0.05) is 16.3 Å². The highest BCUT2D eigenvalue weighted by atomic mass is 79.9. The van der Waals surface area contributed by atoms with Crippen molar-refractivity contribution in [2.75, 3.05) is 0 Å². The van der Waals surface area contributed by atoms with Crippen molar-refractivity contribution in [2.24, 2.45) is 10.3 Å². The summed E-state index contributed by atoms with van der Waals surface area (Å²) < 4.78 is 27.7. The monoisotopic (exact) mass is 315 g/mol. The lowest BCUT2D eigenvalue weighted by Gasteiger charge is -2.17. The van der Waals surface area contributed by atoms with Crippen LogP contribution in [0.3, 0.4) is 0 Å². The summed E-state index contributed by atoms with van der Waals surface area (Å²) in [5.74, 6) is 0.119. The van der Waals surface area contributed by atoms with Crippen LogP contribution in [0.4, 0.5) is 0 Å². The topological polar surface area (TPSA) is 46.5 Å². The number of halogens is 1. The SMILES string of the molecule is CCC(C1=NS(=O)(=O)c2ccccc21)C(C)Br. The Morgan fingerprint density at radius 2 is 2.00 bits per heavy atom. The molecule has 0 fully saturated rings. The molecule has 0 amide bonds. The summed E-state index contributed by atoms with van der Waals surface area (Å²) in [6.45, 7) is 4.06. The molecule has 5 heteroatoms. The fraction of sp³-hybridized carbons (Fsp3) is 0.417. The molecule has 2 rings (SSSR count). The molecule has 1 heterocycles. The normalized spacial score (nSPS) is 20.5.